The summed E-state index contributed by atoms with van der Waals surface area (Å²) in [5, 5.41) is 2.56. The molecular weight excluding hydrogens is 274 g/mol. The standard InChI is InChI=1S/C14H27N3O4/c1-5-17(6-2)14(20)21-16-9-7-8-12(10-11(3)18)13(19)15-4/h12,16H,5-10H2,1-4H3,(H,15,19)/t12-/m1/s1. The Morgan fingerprint density at radius 3 is 2.29 bits per heavy atom. The van der Waals surface area contributed by atoms with Crippen molar-refractivity contribution in [3.63, 3.8) is 0 Å². The monoisotopic (exact) mass is 301 g/mol. The molecule has 0 aliphatic rings. The van der Waals surface area contributed by atoms with E-state index in [9.17, 15) is 14.4 Å². The second kappa shape index (κ2) is 11.1. The van der Waals surface area contributed by atoms with E-state index in [-0.39, 0.29) is 24.0 Å². The lowest BCUT2D eigenvalue weighted by atomic mass is 9.96. The van der Waals surface area contributed by atoms with Gasteiger partial charge < -0.3 is 19.8 Å². The molecule has 0 aromatic heterocycles. The smallest absolute Gasteiger partial charge is 0.359 e. The van der Waals surface area contributed by atoms with E-state index in [1.54, 1.807) is 11.9 Å². The Balaban J connectivity index is 3.97. The van der Waals surface area contributed by atoms with Crippen LogP contribution in [0.3, 0.4) is 0 Å². The van der Waals surface area contributed by atoms with Gasteiger partial charge in [-0.25, -0.2) is 4.79 Å². The Morgan fingerprint density at radius 1 is 1.19 bits per heavy atom. The number of amides is 2. The van der Waals surface area contributed by atoms with Gasteiger partial charge in [0.05, 0.1) is 0 Å². The molecule has 122 valence electrons. The van der Waals surface area contributed by atoms with Crippen molar-refractivity contribution >= 4 is 17.8 Å². The first-order chi connectivity index (χ1) is 9.96. The SMILES string of the molecule is CCN(CC)C(=O)ONCCC[C@H](CC(C)=O)C(=O)NC. The first kappa shape index (κ1) is 19.4. The third-order valence-electron chi connectivity index (χ3n) is 3.16. The molecule has 0 fully saturated rings. The molecule has 0 radical (unpaired) electrons. The Morgan fingerprint density at radius 2 is 1.81 bits per heavy atom. The summed E-state index contributed by atoms with van der Waals surface area (Å²) < 4.78 is 0. The molecule has 0 spiro atoms. The summed E-state index contributed by atoms with van der Waals surface area (Å²) in [6.07, 6.45) is 1.02. The van der Waals surface area contributed by atoms with Gasteiger partial charge in [0.25, 0.3) is 0 Å². The maximum absolute atomic E-state index is 11.6. The summed E-state index contributed by atoms with van der Waals surface area (Å²) in [5.74, 6) is -0.470. The lowest BCUT2D eigenvalue weighted by molar-refractivity contribution is -0.128. The number of carbonyl (C=O) groups excluding carboxylic acids is 3. The van der Waals surface area contributed by atoms with Gasteiger partial charge in [0.2, 0.25) is 5.91 Å². The molecule has 0 aromatic rings. The molecule has 2 amide bonds. The van der Waals surface area contributed by atoms with Crippen molar-refractivity contribution in [2.24, 2.45) is 5.92 Å². The molecule has 0 rings (SSSR count). The first-order valence-corrected chi connectivity index (χ1v) is 7.35. The average molecular weight is 301 g/mol. The third kappa shape index (κ3) is 8.29. The van der Waals surface area contributed by atoms with Crippen molar-refractivity contribution in [3.8, 4) is 0 Å². The summed E-state index contributed by atoms with van der Waals surface area (Å²) in [4.78, 5) is 40.7. The number of hydrogen-bond acceptors (Lipinski definition) is 5. The van der Waals surface area contributed by atoms with Gasteiger partial charge in [-0.15, -0.1) is 0 Å². The highest BCUT2D eigenvalue weighted by Gasteiger charge is 2.18. The van der Waals surface area contributed by atoms with Crippen LogP contribution in [0.5, 0.6) is 0 Å². The quantitative estimate of drug-likeness (QED) is 0.466. The molecule has 0 aliphatic carbocycles. The zero-order valence-electron chi connectivity index (χ0n) is 13.4. The Hall–Kier alpha value is -1.63. The summed E-state index contributed by atoms with van der Waals surface area (Å²) in [5.41, 5.74) is 2.59. The van der Waals surface area contributed by atoms with Gasteiger partial charge in [-0.2, -0.15) is 5.48 Å². The van der Waals surface area contributed by atoms with Gasteiger partial charge in [0.15, 0.2) is 0 Å². The van der Waals surface area contributed by atoms with Gasteiger partial charge in [0.1, 0.15) is 5.78 Å². The lowest BCUT2D eigenvalue weighted by Crippen LogP contribution is -2.35. The van der Waals surface area contributed by atoms with E-state index < -0.39 is 6.09 Å². The average Bonchev–Trinajstić information content (AvgIpc) is 2.45. The number of carbonyl (C=O) groups is 3. The minimum atomic E-state index is -0.411. The Bertz CT molecular complexity index is 343. The van der Waals surface area contributed by atoms with Gasteiger partial charge in [0, 0.05) is 39.0 Å². The molecule has 2 N–H and O–H groups in total. The molecule has 0 heterocycles. The van der Waals surface area contributed by atoms with E-state index in [0.29, 0.717) is 32.5 Å². The highest BCUT2D eigenvalue weighted by Crippen LogP contribution is 2.11. The van der Waals surface area contributed by atoms with Crippen LogP contribution in [0.2, 0.25) is 0 Å². The lowest BCUT2D eigenvalue weighted by Gasteiger charge is -2.18. The summed E-state index contributed by atoms with van der Waals surface area (Å²) in [7, 11) is 1.56. The number of nitrogens with one attached hydrogen (secondary N) is 2. The van der Waals surface area contributed by atoms with Crippen molar-refractivity contribution < 1.29 is 19.2 Å². The number of hydrogen-bond donors (Lipinski definition) is 2. The predicted octanol–water partition coefficient (Wildman–Crippen LogP) is 1.09. The van der Waals surface area contributed by atoms with Crippen LogP contribution in [0.25, 0.3) is 0 Å². The van der Waals surface area contributed by atoms with Crippen molar-refractivity contribution in [3.05, 3.63) is 0 Å². The minimum Gasteiger partial charge on any atom is -0.359 e. The maximum Gasteiger partial charge on any atom is 0.428 e. The van der Waals surface area contributed by atoms with E-state index in [2.05, 4.69) is 10.8 Å². The number of ketones is 1. The molecule has 21 heavy (non-hydrogen) atoms. The molecule has 1 atom stereocenters. The van der Waals surface area contributed by atoms with Gasteiger partial charge in [-0.05, 0) is 33.6 Å². The van der Waals surface area contributed by atoms with Crippen LogP contribution in [0, 0.1) is 5.92 Å². The van der Waals surface area contributed by atoms with Crippen LogP contribution in [0.4, 0.5) is 4.79 Å². The fourth-order valence-electron chi connectivity index (χ4n) is 1.96. The van der Waals surface area contributed by atoms with Gasteiger partial charge in [-0.1, -0.05) is 0 Å². The first-order valence-electron chi connectivity index (χ1n) is 7.35. The van der Waals surface area contributed by atoms with Crippen molar-refractivity contribution in [2.75, 3.05) is 26.7 Å². The number of hydroxylamine groups is 1. The highest BCUT2D eigenvalue weighted by molar-refractivity contribution is 5.85. The second-order valence-corrected chi connectivity index (χ2v) is 4.79. The number of rotatable bonds is 10. The van der Waals surface area contributed by atoms with Crippen molar-refractivity contribution in [1.82, 2.24) is 15.7 Å². The largest absolute Gasteiger partial charge is 0.428 e. The van der Waals surface area contributed by atoms with E-state index in [4.69, 9.17) is 4.84 Å². The predicted molar refractivity (Wildman–Crippen MR) is 79.5 cm³/mol. The molecule has 0 bridgehead atoms. The Labute approximate surface area is 126 Å². The van der Waals surface area contributed by atoms with Crippen molar-refractivity contribution in [2.45, 2.75) is 40.0 Å². The molecule has 0 aliphatic heterocycles. The minimum absolute atomic E-state index is 0.00970. The van der Waals surface area contributed by atoms with E-state index >= 15 is 0 Å². The molecule has 0 saturated carbocycles. The third-order valence-corrected chi connectivity index (χ3v) is 3.16. The van der Waals surface area contributed by atoms with Crippen molar-refractivity contribution in [1.29, 1.82) is 0 Å². The van der Waals surface area contributed by atoms with Crippen LogP contribution in [-0.4, -0.2) is 49.4 Å². The van der Waals surface area contributed by atoms with Crippen LogP contribution in [0.15, 0.2) is 0 Å². The van der Waals surface area contributed by atoms with E-state index in [1.807, 2.05) is 13.8 Å². The fraction of sp³-hybridized carbons (Fsp3) is 0.786. The molecule has 0 unspecified atom stereocenters. The molecule has 7 nitrogen and oxygen atoms in total. The maximum atomic E-state index is 11.6. The normalized spacial score (nSPS) is 11.6. The van der Waals surface area contributed by atoms with Crippen LogP contribution in [-0.2, 0) is 14.4 Å². The van der Waals surface area contributed by atoms with E-state index in [0.717, 1.165) is 0 Å². The number of Topliss-reactive ketones (excluding diaryl/α,β-unsaturated/α-hetero) is 1. The molecular formula is C14H27N3O4. The van der Waals surface area contributed by atoms with Gasteiger partial charge in [-0.3, -0.25) is 4.79 Å². The fourth-order valence-corrected chi connectivity index (χ4v) is 1.96. The molecule has 0 aromatic carbocycles. The van der Waals surface area contributed by atoms with E-state index in [1.165, 1.54) is 6.92 Å². The highest BCUT2D eigenvalue weighted by atomic mass is 16.7. The topological polar surface area (TPSA) is 87.7 Å². The summed E-state index contributed by atoms with van der Waals surface area (Å²) >= 11 is 0. The van der Waals surface area contributed by atoms with Gasteiger partial charge >= 0.3 is 6.09 Å². The summed E-state index contributed by atoms with van der Waals surface area (Å²) in [6, 6.07) is 0. The molecule has 0 saturated heterocycles. The van der Waals surface area contributed by atoms with Crippen LogP contribution >= 0.6 is 0 Å². The number of nitrogens with zero attached hydrogens (tertiary/aromatic N) is 1. The zero-order valence-corrected chi connectivity index (χ0v) is 13.4. The van der Waals surface area contributed by atoms with Crippen LogP contribution in [0.1, 0.15) is 40.0 Å². The zero-order chi connectivity index (χ0) is 16.3. The Kier molecular flexibility index (Phi) is 10.2. The second-order valence-electron chi connectivity index (χ2n) is 4.79. The summed E-state index contributed by atoms with van der Waals surface area (Å²) in [6.45, 7) is 6.85. The van der Waals surface area contributed by atoms with Crippen LogP contribution < -0.4 is 10.8 Å². The molecule has 7 heteroatoms.